The fraction of sp³-hybridized carbons (Fsp3) is 0.227. The molecule has 1 aromatic heterocycles. The van der Waals surface area contributed by atoms with E-state index in [1.165, 1.54) is 16.2 Å². The first-order chi connectivity index (χ1) is 14.5. The number of nitrogens with one attached hydrogen (secondary N) is 1. The molecule has 0 radical (unpaired) electrons. The van der Waals surface area contributed by atoms with E-state index >= 15 is 0 Å². The summed E-state index contributed by atoms with van der Waals surface area (Å²) in [6, 6.07) is 14.5. The molecule has 0 atom stereocenters. The van der Waals surface area contributed by atoms with Crippen LogP contribution in [0.25, 0.3) is 10.6 Å². The number of hydrogen-bond donors (Lipinski definition) is 1. The van der Waals surface area contributed by atoms with Crippen molar-refractivity contribution < 1.29 is 19.1 Å². The maximum Gasteiger partial charge on any atom is 0.273 e. The van der Waals surface area contributed by atoms with E-state index in [1.807, 2.05) is 31.2 Å². The van der Waals surface area contributed by atoms with Crippen molar-refractivity contribution >= 4 is 28.8 Å². The van der Waals surface area contributed by atoms with Gasteiger partial charge in [0.1, 0.15) is 28.7 Å². The Balaban J connectivity index is 1.66. The van der Waals surface area contributed by atoms with E-state index in [4.69, 9.17) is 9.47 Å². The molecule has 0 aliphatic heterocycles. The number of aromatic nitrogens is 1. The second kappa shape index (κ2) is 9.89. The van der Waals surface area contributed by atoms with Gasteiger partial charge in [-0.05, 0) is 43.3 Å². The van der Waals surface area contributed by atoms with Crippen LogP contribution in [0, 0.1) is 0 Å². The number of carbonyl (C=O) groups is 2. The third-order valence-electron chi connectivity index (χ3n) is 4.42. The van der Waals surface area contributed by atoms with E-state index in [9.17, 15) is 9.59 Å². The summed E-state index contributed by atoms with van der Waals surface area (Å²) in [6.07, 6.45) is 0. The number of methoxy groups -OCH3 is 2. The van der Waals surface area contributed by atoms with Gasteiger partial charge in [-0.2, -0.15) is 0 Å². The molecule has 1 heterocycles. The van der Waals surface area contributed by atoms with Gasteiger partial charge in [0.15, 0.2) is 0 Å². The van der Waals surface area contributed by atoms with Gasteiger partial charge in [-0.3, -0.25) is 9.59 Å². The number of thiazole rings is 1. The van der Waals surface area contributed by atoms with Crippen molar-refractivity contribution in [2.45, 2.75) is 6.92 Å². The Kier molecular flexibility index (Phi) is 7.03. The molecule has 3 rings (SSSR count). The Bertz CT molecular complexity index is 1020. The molecule has 0 aliphatic carbocycles. The summed E-state index contributed by atoms with van der Waals surface area (Å²) in [4.78, 5) is 31.2. The van der Waals surface area contributed by atoms with Gasteiger partial charge in [0.05, 0.1) is 14.2 Å². The standard InChI is InChI=1S/C22H23N3O4S/c1-4-25(13-20(26)23-16-6-5-7-18(12-16)29-3)22(27)19-14-30-21(24-19)15-8-10-17(28-2)11-9-15/h5-12,14H,4,13H2,1-3H3,(H,23,26). The molecule has 0 fully saturated rings. The quantitative estimate of drug-likeness (QED) is 0.592. The zero-order valence-corrected chi connectivity index (χ0v) is 17.9. The summed E-state index contributed by atoms with van der Waals surface area (Å²) in [5.74, 6) is 0.828. The molecule has 0 spiro atoms. The number of amides is 2. The van der Waals surface area contributed by atoms with Gasteiger partial charge in [0.2, 0.25) is 5.91 Å². The SMILES string of the molecule is CCN(CC(=O)Nc1cccc(OC)c1)C(=O)c1csc(-c2ccc(OC)cc2)n1. The molecule has 30 heavy (non-hydrogen) atoms. The summed E-state index contributed by atoms with van der Waals surface area (Å²) in [6.45, 7) is 2.15. The summed E-state index contributed by atoms with van der Waals surface area (Å²) >= 11 is 1.38. The van der Waals surface area contributed by atoms with Crippen LogP contribution in [0.3, 0.4) is 0 Å². The topological polar surface area (TPSA) is 80.8 Å². The second-order valence-corrected chi connectivity index (χ2v) is 7.22. The van der Waals surface area contributed by atoms with Crippen LogP contribution in [0.2, 0.25) is 0 Å². The third kappa shape index (κ3) is 5.15. The van der Waals surface area contributed by atoms with Crippen LogP contribution in [-0.4, -0.2) is 49.0 Å². The zero-order valence-electron chi connectivity index (χ0n) is 17.0. The number of rotatable bonds is 8. The van der Waals surface area contributed by atoms with Crippen molar-refractivity contribution in [1.82, 2.24) is 9.88 Å². The monoisotopic (exact) mass is 425 g/mol. The lowest BCUT2D eigenvalue weighted by molar-refractivity contribution is -0.116. The van der Waals surface area contributed by atoms with Crippen LogP contribution in [0.15, 0.2) is 53.9 Å². The summed E-state index contributed by atoms with van der Waals surface area (Å²) in [5.41, 5.74) is 1.83. The predicted molar refractivity (Wildman–Crippen MR) is 117 cm³/mol. The third-order valence-corrected chi connectivity index (χ3v) is 5.31. The van der Waals surface area contributed by atoms with Crippen molar-refractivity contribution in [2.75, 3.05) is 32.6 Å². The Morgan fingerprint density at radius 1 is 1.07 bits per heavy atom. The molecule has 8 heteroatoms. The fourth-order valence-electron chi connectivity index (χ4n) is 2.80. The van der Waals surface area contributed by atoms with Crippen LogP contribution in [0.5, 0.6) is 11.5 Å². The number of hydrogen-bond acceptors (Lipinski definition) is 6. The molecule has 0 saturated carbocycles. The molecule has 1 N–H and O–H groups in total. The van der Waals surface area contributed by atoms with Crippen molar-refractivity contribution in [1.29, 1.82) is 0 Å². The van der Waals surface area contributed by atoms with Gasteiger partial charge in [0.25, 0.3) is 5.91 Å². The van der Waals surface area contributed by atoms with E-state index in [0.29, 0.717) is 23.7 Å². The highest BCUT2D eigenvalue weighted by atomic mass is 32.1. The van der Waals surface area contributed by atoms with E-state index in [2.05, 4.69) is 10.3 Å². The van der Waals surface area contributed by atoms with Crippen molar-refractivity contribution in [3.63, 3.8) is 0 Å². The molecular formula is C22H23N3O4S. The highest BCUT2D eigenvalue weighted by Gasteiger charge is 2.20. The lowest BCUT2D eigenvalue weighted by atomic mass is 10.2. The second-order valence-electron chi connectivity index (χ2n) is 6.37. The Hall–Kier alpha value is -3.39. The average molecular weight is 426 g/mol. The minimum atomic E-state index is -0.288. The van der Waals surface area contributed by atoms with E-state index in [-0.39, 0.29) is 18.4 Å². The van der Waals surface area contributed by atoms with Crippen molar-refractivity contribution in [3.8, 4) is 22.1 Å². The molecule has 0 unspecified atom stereocenters. The van der Waals surface area contributed by atoms with Crippen LogP contribution in [0.4, 0.5) is 5.69 Å². The smallest absolute Gasteiger partial charge is 0.273 e. The van der Waals surface area contributed by atoms with Gasteiger partial charge in [0, 0.05) is 29.2 Å². The number of likely N-dealkylation sites (N-methyl/N-ethyl adjacent to an activating group) is 1. The minimum absolute atomic E-state index is 0.0675. The van der Waals surface area contributed by atoms with Gasteiger partial charge >= 0.3 is 0 Å². The largest absolute Gasteiger partial charge is 0.497 e. The number of nitrogens with zero attached hydrogens (tertiary/aromatic N) is 2. The lowest BCUT2D eigenvalue weighted by Gasteiger charge is -2.19. The molecule has 7 nitrogen and oxygen atoms in total. The van der Waals surface area contributed by atoms with Crippen LogP contribution in [0.1, 0.15) is 17.4 Å². The van der Waals surface area contributed by atoms with Gasteiger partial charge in [-0.15, -0.1) is 11.3 Å². The predicted octanol–water partition coefficient (Wildman–Crippen LogP) is 3.93. The van der Waals surface area contributed by atoms with E-state index < -0.39 is 0 Å². The summed E-state index contributed by atoms with van der Waals surface area (Å²) in [7, 11) is 3.17. The molecule has 3 aromatic rings. The molecule has 156 valence electrons. The summed E-state index contributed by atoms with van der Waals surface area (Å²) in [5, 5.41) is 5.23. The first-order valence-corrected chi connectivity index (χ1v) is 10.2. The maximum atomic E-state index is 12.9. The van der Waals surface area contributed by atoms with Crippen LogP contribution in [-0.2, 0) is 4.79 Å². The molecular weight excluding hydrogens is 402 g/mol. The minimum Gasteiger partial charge on any atom is -0.497 e. The van der Waals surface area contributed by atoms with E-state index in [0.717, 1.165) is 16.3 Å². The van der Waals surface area contributed by atoms with Gasteiger partial charge in [-0.25, -0.2) is 4.98 Å². The Labute approximate surface area is 179 Å². The van der Waals surface area contributed by atoms with Crippen LogP contribution >= 0.6 is 11.3 Å². The number of benzene rings is 2. The zero-order chi connectivity index (χ0) is 21.5. The number of carbonyl (C=O) groups excluding carboxylic acids is 2. The first-order valence-electron chi connectivity index (χ1n) is 9.37. The van der Waals surface area contributed by atoms with Crippen molar-refractivity contribution in [2.24, 2.45) is 0 Å². The van der Waals surface area contributed by atoms with E-state index in [1.54, 1.807) is 43.9 Å². The van der Waals surface area contributed by atoms with Gasteiger partial charge < -0.3 is 19.7 Å². The van der Waals surface area contributed by atoms with Crippen LogP contribution < -0.4 is 14.8 Å². The van der Waals surface area contributed by atoms with Crippen molar-refractivity contribution in [3.05, 3.63) is 59.6 Å². The Morgan fingerprint density at radius 2 is 1.80 bits per heavy atom. The summed E-state index contributed by atoms with van der Waals surface area (Å²) < 4.78 is 10.3. The molecule has 2 amide bonds. The number of anilines is 1. The molecule has 0 saturated heterocycles. The average Bonchev–Trinajstić information content (AvgIpc) is 3.27. The molecule has 0 aliphatic rings. The molecule has 0 bridgehead atoms. The van der Waals surface area contributed by atoms with Gasteiger partial charge in [-0.1, -0.05) is 6.07 Å². The normalized spacial score (nSPS) is 10.4. The highest BCUT2D eigenvalue weighted by molar-refractivity contribution is 7.13. The fourth-order valence-corrected chi connectivity index (χ4v) is 3.60. The first kappa shape index (κ1) is 21.3. The highest BCUT2D eigenvalue weighted by Crippen LogP contribution is 2.26. The number of ether oxygens (including phenoxy) is 2. The lowest BCUT2D eigenvalue weighted by Crippen LogP contribution is -2.38. The maximum absolute atomic E-state index is 12.9. The Morgan fingerprint density at radius 3 is 2.47 bits per heavy atom. The molecule has 2 aromatic carbocycles.